The fourth-order valence-corrected chi connectivity index (χ4v) is 4.65. The zero-order valence-corrected chi connectivity index (χ0v) is 17.2. The van der Waals surface area contributed by atoms with E-state index in [0.29, 0.717) is 32.0 Å². The normalized spacial score (nSPS) is 22.4. The highest BCUT2D eigenvalue weighted by atomic mass is 16.2. The molecule has 156 valence electrons. The van der Waals surface area contributed by atoms with Gasteiger partial charge in [-0.3, -0.25) is 9.59 Å². The molecule has 0 saturated carbocycles. The van der Waals surface area contributed by atoms with Crippen molar-refractivity contribution in [1.82, 2.24) is 25.1 Å². The third-order valence-corrected chi connectivity index (χ3v) is 6.34. The van der Waals surface area contributed by atoms with Gasteiger partial charge in [-0.15, -0.1) is 0 Å². The number of aryl methyl sites for hydroxylation is 1. The zero-order chi connectivity index (χ0) is 20.2. The Morgan fingerprint density at radius 2 is 2.03 bits per heavy atom. The molecule has 0 spiro atoms. The molecule has 0 aliphatic carbocycles. The number of nitrogens with zero attached hydrogens (tertiary/aromatic N) is 3. The topological polar surface area (TPSA) is 81.3 Å². The van der Waals surface area contributed by atoms with Crippen molar-refractivity contribution in [3.63, 3.8) is 0 Å². The number of para-hydroxylation sites is 2. The van der Waals surface area contributed by atoms with Crippen molar-refractivity contribution in [3.05, 3.63) is 30.1 Å². The monoisotopic (exact) mass is 397 g/mol. The van der Waals surface area contributed by atoms with Crippen LogP contribution in [-0.2, 0) is 16.0 Å². The van der Waals surface area contributed by atoms with Crippen LogP contribution in [0.2, 0.25) is 0 Å². The third kappa shape index (κ3) is 4.61. The molecule has 0 bridgehead atoms. The number of hydrogen-bond acceptors (Lipinski definition) is 4. The zero-order valence-electron chi connectivity index (χ0n) is 17.2. The maximum Gasteiger partial charge on any atom is 0.242 e. The molecular formula is C22H31N5O2. The Bertz CT molecular complexity index is 831. The highest BCUT2D eigenvalue weighted by molar-refractivity contribution is 5.88. The lowest BCUT2D eigenvalue weighted by atomic mass is 10.1. The number of H-pyrrole nitrogens is 1. The molecule has 2 aromatic rings. The summed E-state index contributed by atoms with van der Waals surface area (Å²) >= 11 is 0. The van der Waals surface area contributed by atoms with Crippen LogP contribution in [0.4, 0.5) is 0 Å². The second kappa shape index (κ2) is 8.95. The highest BCUT2D eigenvalue weighted by Gasteiger charge is 2.33. The number of amides is 2. The van der Waals surface area contributed by atoms with E-state index < -0.39 is 0 Å². The minimum absolute atomic E-state index is 0.000220. The molecule has 1 unspecified atom stereocenters. The molecule has 2 aliphatic rings. The summed E-state index contributed by atoms with van der Waals surface area (Å²) in [4.78, 5) is 37.4. The van der Waals surface area contributed by atoms with Crippen LogP contribution in [-0.4, -0.2) is 70.3 Å². The molecule has 7 nitrogen and oxygen atoms in total. The molecule has 7 heteroatoms. The Hall–Kier alpha value is -2.41. The Morgan fingerprint density at radius 1 is 1.21 bits per heavy atom. The van der Waals surface area contributed by atoms with Crippen LogP contribution in [0.15, 0.2) is 24.3 Å². The van der Waals surface area contributed by atoms with E-state index in [2.05, 4.69) is 27.2 Å². The Morgan fingerprint density at radius 3 is 2.83 bits per heavy atom. The Labute approximate surface area is 171 Å². The van der Waals surface area contributed by atoms with E-state index in [1.54, 1.807) is 4.90 Å². The SMILES string of the molecule is CN1CCCC1CCNC(=O)[C@@H]1CCCN1C(=O)CCc1nc2ccccc2[nH]1. The van der Waals surface area contributed by atoms with Crippen molar-refractivity contribution >= 4 is 22.8 Å². The maximum atomic E-state index is 12.8. The average Bonchev–Trinajstić information content (AvgIpc) is 3.45. The van der Waals surface area contributed by atoms with Gasteiger partial charge in [-0.2, -0.15) is 0 Å². The number of aromatic nitrogens is 2. The molecule has 2 saturated heterocycles. The van der Waals surface area contributed by atoms with Gasteiger partial charge in [0.05, 0.1) is 11.0 Å². The van der Waals surface area contributed by atoms with Crippen molar-refractivity contribution in [3.8, 4) is 0 Å². The van der Waals surface area contributed by atoms with Crippen LogP contribution >= 0.6 is 0 Å². The van der Waals surface area contributed by atoms with E-state index in [0.717, 1.165) is 42.7 Å². The molecule has 2 aliphatic heterocycles. The van der Waals surface area contributed by atoms with Gasteiger partial charge in [0, 0.05) is 32.0 Å². The summed E-state index contributed by atoms with van der Waals surface area (Å²) in [7, 11) is 2.15. The van der Waals surface area contributed by atoms with Crippen molar-refractivity contribution in [2.75, 3.05) is 26.7 Å². The van der Waals surface area contributed by atoms with Crippen LogP contribution in [0, 0.1) is 0 Å². The lowest BCUT2D eigenvalue weighted by Gasteiger charge is -2.25. The summed E-state index contributed by atoms with van der Waals surface area (Å²) in [5.41, 5.74) is 1.91. The van der Waals surface area contributed by atoms with Crippen molar-refractivity contribution in [1.29, 1.82) is 0 Å². The van der Waals surface area contributed by atoms with Gasteiger partial charge in [-0.1, -0.05) is 12.1 Å². The van der Waals surface area contributed by atoms with Gasteiger partial charge in [0.1, 0.15) is 11.9 Å². The minimum atomic E-state index is -0.320. The van der Waals surface area contributed by atoms with E-state index in [4.69, 9.17) is 0 Å². The molecule has 29 heavy (non-hydrogen) atoms. The largest absolute Gasteiger partial charge is 0.354 e. The number of carbonyl (C=O) groups excluding carboxylic acids is 2. The quantitative estimate of drug-likeness (QED) is 0.750. The predicted octanol–water partition coefficient (Wildman–Crippen LogP) is 2.09. The van der Waals surface area contributed by atoms with Crippen LogP contribution < -0.4 is 5.32 Å². The minimum Gasteiger partial charge on any atom is -0.354 e. The van der Waals surface area contributed by atoms with E-state index >= 15 is 0 Å². The number of nitrogens with one attached hydrogen (secondary N) is 2. The summed E-state index contributed by atoms with van der Waals surface area (Å²) < 4.78 is 0. The molecule has 2 N–H and O–H groups in total. The molecule has 1 aromatic heterocycles. The first-order valence-electron chi connectivity index (χ1n) is 10.8. The van der Waals surface area contributed by atoms with Gasteiger partial charge >= 0.3 is 0 Å². The predicted molar refractivity (Wildman–Crippen MR) is 112 cm³/mol. The van der Waals surface area contributed by atoms with Crippen LogP contribution in [0.25, 0.3) is 11.0 Å². The molecule has 2 amide bonds. The number of benzene rings is 1. The Balaban J connectivity index is 1.26. The van der Waals surface area contributed by atoms with E-state index in [-0.39, 0.29) is 17.9 Å². The number of likely N-dealkylation sites (tertiary alicyclic amines) is 2. The summed E-state index contributed by atoms with van der Waals surface area (Å²) in [6, 6.07) is 8.11. The number of imidazole rings is 1. The van der Waals surface area contributed by atoms with Crippen LogP contribution in [0.5, 0.6) is 0 Å². The number of hydrogen-bond donors (Lipinski definition) is 2. The first-order valence-corrected chi connectivity index (χ1v) is 10.8. The number of fused-ring (bicyclic) bond motifs is 1. The van der Waals surface area contributed by atoms with Gasteiger partial charge < -0.3 is 20.1 Å². The summed E-state index contributed by atoms with van der Waals surface area (Å²) in [5.74, 6) is 0.860. The molecule has 0 radical (unpaired) electrons. The third-order valence-electron chi connectivity index (χ3n) is 6.34. The van der Waals surface area contributed by atoms with Gasteiger partial charge in [0.25, 0.3) is 0 Å². The van der Waals surface area contributed by atoms with Crippen molar-refractivity contribution < 1.29 is 9.59 Å². The van der Waals surface area contributed by atoms with E-state index in [1.165, 1.54) is 12.8 Å². The second-order valence-corrected chi connectivity index (χ2v) is 8.30. The first-order chi connectivity index (χ1) is 14.1. The number of aromatic amines is 1. The maximum absolute atomic E-state index is 12.8. The molecule has 2 fully saturated rings. The summed E-state index contributed by atoms with van der Waals surface area (Å²) in [6.07, 6.45) is 6.01. The fraction of sp³-hybridized carbons (Fsp3) is 0.591. The molecule has 1 aromatic carbocycles. The number of rotatable bonds is 7. The fourth-order valence-electron chi connectivity index (χ4n) is 4.65. The number of carbonyl (C=O) groups is 2. The van der Waals surface area contributed by atoms with E-state index in [1.807, 2.05) is 24.3 Å². The van der Waals surface area contributed by atoms with Gasteiger partial charge in [0.15, 0.2) is 0 Å². The average molecular weight is 398 g/mol. The van der Waals surface area contributed by atoms with Gasteiger partial charge in [-0.25, -0.2) is 4.98 Å². The van der Waals surface area contributed by atoms with Crippen molar-refractivity contribution in [2.45, 2.75) is 57.0 Å². The molecular weight excluding hydrogens is 366 g/mol. The first kappa shape index (κ1) is 19.9. The van der Waals surface area contributed by atoms with Gasteiger partial charge in [0.2, 0.25) is 11.8 Å². The van der Waals surface area contributed by atoms with Crippen molar-refractivity contribution in [2.24, 2.45) is 0 Å². The lowest BCUT2D eigenvalue weighted by molar-refractivity contribution is -0.138. The standard InChI is InChI=1S/C22H31N5O2/c1-26-14-4-6-16(26)12-13-23-22(29)19-9-5-15-27(19)21(28)11-10-20-24-17-7-2-3-8-18(17)25-20/h2-3,7-8,16,19H,4-6,9-15H2,1H3,(H,23,29)(H,24,25)/t16?,19-/m0/s1. The summed E-state index contributed by atoms with van der Waals surface area (Å²) in [6.45, 7) is 2.50. The van der Waals surface area contributed by atoms with E-state index in [9.17, 15) is 9.59 Å². The molecule has 2 atom stereocenters. The van der Waals surface area contributed by atoms with Crippen LogP contribution in [0.1, 0.15) is 44.3 Å². The van der Waals surface area contributed by atoms with Crippen LogP contribution in [0.3, 0.4) is 0 Å². The smallest absolute Gasteiger partial charge is 0.242 e. The second-order valence-electron chi connectivity index (χ2n) is 8.30. The lowest BCUT2D eigenvalue weighted by Crippen LogP contribution is -2.46. The molecule has 4 rings (SSSR count). The summed E-state index contributed by atoms with van der Waals surface area (Å²) in [5, 5.41) is 3.07. The van der Waals surface area contributed by atoms with Gasteiger partial charge in [-0.05, 0) is 57.8 Å². The highest BCUT2D eigenvalue weighted by Crippen LogP contribution is 2.20. The molecule has 3 heterocycles. The Kier molecular flexibility index (Phi) is 6.13.